The molecule has 3 atom stereocenters. The first-order valence-corrected chi connectivity index (χ1v) is 4.22. The molecule has 1 nitrogen and oxygen atoms in total. The topological polar surface area (TPSA) is 26.0 Å². The van der Waals surface area contributed by atoms with Crippen LogP contribution in [0.5, 0.6) is 0 Å². The second-order valence-electron chi connectivity index (χ2n) is 3.82. The first-order chi connectivity index (χ1) is 4.46. The summed E-state index contributed by atoms with van der Waals surface area (Å²) in [5, 5.41) is 0. The van der Waals surface area contributed by atoms with Crippen LogP contribution in [0, 0.1) is 17.8 Å². The fourth-order valence-corrected chi connectivity index (χ4v) is 1.09. The Hall–Kier alpha value is -0.0400. The summed E-state index contributed by atoms with van der Waals surface area (Å²) in [4.78, 5) is 0. The Morgan fingerprint density at radius 2 is 1.20 bits per heavy atom. The standard InChI is InChI=1S/C9H21N/c1-6(2)7(3)8(4)9(5)10/h6-9H,10H2,1-5H3. The molecule has 0 radical (unpaired) electrons. The summed E-state index contributed by atoms with van der Waals surface area (Å²) >= 11 is 0. The number of rotatable bonds is 3. The third-order valence-electron chi connectivity index (χ3n) is 2.71. The van der Waals surface area contributed by atoms with Crippen molar-refractivity contribution in [2.75, 3.05) is 0 Å². The molecule has 0 saturated carbocycles. The van der Waals surface area contributed by atoms with Crippen molar-refractivity contribution in [1.29, 1.82) is 0 Å². The zero-order chi connectivity index (χ0) is 8.31. The Balaban J connectivity index is 3.81. The van der Waals surface area contributed by atoms with E-state index in [-0.39, 0.29) is 0 Å². The molecule has 0 aliphatic rings. The minimum Gasteiger partial charge on any atom is -0.328 e. The van der Waals surface area contributed by atoms with Gasteiger partial charge in [0.15, 0.2) is 0 Å². The Kier molecular flexibility index (Phi) is 3.95. The lowest BCUT2D eigenvalue weighted by atomic mass is 9.83. The van der Waals surface area contributed by atoms with Crippen molar-refractivity contribution in [3.05, 3.63) is 0 Å². The van der Waals surface area contributed by atoms with E-state index in [0.29, 0.717) is 12.0 Å². The molecule has 1 heteroatoms. The summed E-state index contributed by atoms with van der Waals surface area (Å²) in [6.45, 7) is 11.1. The molecule has 2 N–H and O–H groups in total. The molecule has 0 bridgehead atoms. The Bertz CT molecular complexity index is 74.7. The summed E-state index contributed by atoms with van der Waals surface area (Å²) in [7, 11) is 0. The summed E-state index contributed by atoms with van der Waals surface area (Å²) in [6.07, 6.45) is 0. The highest BCUT2D eigenvalue weighted by atomic mass is 14.6. The van der Waals surface area contributed by atoms with Gasteiger partial charge in [-0.1, -0.05) is 27.7 Å². The normalized spacial score (nSPS) is 20.7. The van der Waals surface area contributed by atoms with Crippen LogP contribution in [0.25, 0.3) is 0 Å². The lowest BCUT2D eigenvalue weighted by Crippen LogP contribution is -2.31. The highest BCUT2D eigenvalue weighted by Gasteiger charge is 2.18. The van der Waals surface area contributed by atoms with Crippen LogP contribution in [-0.4, -0.2) is 6.04 Å². The van der Waals surface area contributed by atoms with Crippen LogP contribution in [0.2, 0.25) is 0 Å². The molecule has 62 valence electrons. The summed E-state index contributed by atoms with van der Waals surface area (Å²) < 4.78 is 0. The first kappa shape index (κ1) is 9.96. The van der Waals surface area contributed by atoms with E-state index in [0.717, 1.165) is 11.8 Å². The first-order valence-electron chi connectivity index (χ1n) is 4.22. The van der Waals surface area contributed by atoms with Crippen molar-refractivity contribution in [1.82, 2.24) is 0 Å². The Morgan fingerprint density at radius 1 is 0.800 bits per heavy atom. The maximum atomic E-state index is 5.77. The van der Waals surface area contributed by atoms with Gasteiger partial charge in [0.2, 0.25) is 0 Å². The average molecular weight is 143 g/mol. The summed E-state index contributed by atoms with van der Waals surface area (Å²) in [6, 6.07) is 0.331. The van der Waals surface area contributed by atoms with E-state index in [1.54, 1.807) is 0 Å². The highest BCUT2D eigenvalue weighted by Crippen LogP contribution is 2.21. The van der Waals surface area contributed by atoms with Gasteiger partial charge in [-0.3, -0.25) is 0 Å². The molecule has 10 heavy (non-hydrogen) atoms. The van der Waals surface area contributed by atoms with Crippen molar-refractivity contribution in [2.24, 2.45) is 23.5 Å². The maximum Gasteiger partial charge on any atom is 0.00387 e. The summed E-state index contributed by atoms with van der Waals surface area (Å²) in [5.41, 5.74) is 5.77. The van der Waals surface area contributed by atoms with E-state index in [4.69, 9.17) is 5.73 Å². The second-order valence-corrected chi connectivity index (χ2v) is 3.82. The molecule has 0 aromatic heterocycles. The molecule has 0 aromatic rings. The van der Waals surface area contributed by atoms with Crippen LogP contribution in [0.1, 0.15) is 34.6 Å². The molecule has 0 saturated heterocycles. The zero-order valence-electron chi connectivity index (χ0n) is 7.89. The van der Waals surface area contributed by atoms with Crippen molar-refractivity contribution in [3.8, 4) is 0 Å². The lowest BCUT2D eigenvalue weighted by Gasteiger charge is -2.26. The number of nitrogens with two attached hydrogens (primary N) is 1. The molecule has 0 heterocycles. The van der Waals surface area contributed by atoms with E-state index < -0.39 is 0 Å². The van der Waals surface area contributed by atoms with Gasteiger partial charge in [-0.15, -0.1) is 0 Å². The third-order valence-corrected chi connectivity index (χ3v) is 2.71. The molecule has 0 aliphatic carbocycles. The van der Waals surface area contributed by atoms with Crippen LogP contribution < -0.4 is 5.73 Å². The van der Waals surface area contributed by atoms with E-state index >= 15 is 0 Å². The smallest absolute Gasteiger partial charge is 0.00387 e. The van der Waals surface area contributed by atoms with Crippen LogP contribution >= 0.6 is 0 Å². The average Bonchev–Trinajstić information content (AvgIpc) is 1.84. The molecular formula is C9H21N. The maximum absolute atomic E-state index is 5.77. The second kappa shape index (κ2) is 3.97. The third kappa shape index (κ3) is 2.70. The van der Waals surface area contributed by atoms with Crippen LogP contribution in [0.3, 0.4) is 0 Å². The quantitative estimate of drug-likeness (QED) is 0.644. The van der Waals surface area contributed by atoms with E-state index in [9.17, 15) is 0 Å². The minimum atomic E-state index is 0.331. The van der Waals surface area contributed by atoms with Gasteiger partial charge in [0.05, 0.1) is 0 Å². The molecule has 0 amide bonds. The van der Waals surface area contributed by atoms with Crippen LogP contribution in [-0.2, 0) is 0 Å². The number of hydrogen-bond acceptors (Lipinski definition) is 1. The predicted molar refractivity (Wildman–Crippen MR) is 46.8 cm³/mol. The fourth-order valence-electron chi connectivity index (χ4n) is 1.09. The molecule has 0 spiro atoms. The minimum absolute atomic E-state index is 0.331. The van der Waals surface area contributed by atoms with E-state index in [1.807, 2.05) is 0 Å². The van der Waals surface area contributed by atoms with Gasteiger partial charge in [-0.25, -0.2) is 0 Å². The van der Waals surface area contributed by atoms with Gasteiger partial charge in [0, 0.05) is 6.04 Å². The molecular weight excluding hydrogens is 122 g/mol. The van der Waals surface area contributed by atoms with Gasteiger partial charge < -0.3 is 5.73 Å². The molecule has 0 aliphatic heterocycles. The van der Waals surface area contributed by atoms with Gasteiger partial charge >= 0.3 is 0 Å². The van der Waals surface area contributed by atoms with Crippen molar-refractivity contribution < 1.29 is 0 Å². The van der Waals surface area contributed by atoms with E-state index in [1.165, 1.54) is 0 Å². The van der Waals surface area contributed by atoms with Crippen molar-refractivity contribution in [2.45, 2.75) is 40.7 Å². The molecule has 0 aromatic carbocycles. The molecule has 3 unspecified atom stereocenters. The van der Waals surface area contributed by atoms with Gasteiger partial charge in [0.25, 0.3) is 0 Å². The van der Waals surface area contributed by atoms with Crippen molar-refractivity contribution >= 4 is 0 Å². The fraction of sp³-hybridized carbons (Fsp3) is 1.00. The largest absolute Gasteiger partial charge is 0.328 e. The van der Waals surface area contributed by atoms with Gasteiger partial charge in [-0.05, 0) is 24.7 Å². The monoisotopic (exact) mass is 143 g/mol. The SMILES string of the molecule is CC(C)C(C)C(C)C(C)N. The van der Waals surface area contributed by atoms with Crippen LogP contribution in [0.15, 0.2) is 0 Å². The van der Waals surface area contributed by atoms with Gasteiger partial charge in [-0.2, -0.15) is 0 Å². The van der Waals surface area contributed by atoms with E-state index in [2.05, 4.69) is 34.6 Å². The van der Waals surface area contributed by atoms with Crippen LogP contribution in [0.4, 0.5) is 0 Å². The zero-order valence-corrected chi connectivity index (χ0v) is 7.89. The Morgan fingerprint density at radius 3 is 1.30 bits per heavy atom. The lowest BCUT2D eigenvalue weighted by molar-refractivity contribution is 0.265. The predicted octanol–water partition coefficient (Wildman–Crippen LogP) is 2.26. The summed E-state index contributed by atoms with van der Waals surface area (Å²) in [5.74, 6) is 2.13. The van der Waals surface area contributed by atoms with Crippen molar-refractivity contribution in [3.63, 3.8) is 0 Å². The molecule has 0 rings (SSSR count). The molecule has 0 fully saturated rings. The highest BCUT2D eigenvalue weighted by molar-refractivity contribution is 4.71. The van der Waals surface area contributed by atoms with Gasteiger partial charge in [0.1, 0.15) is 0 Å². The number of hydrogen-bond donors (Lipinski definition) is 1. The Labute approximate surface area is 65.0 Å².